The molecule has 89 radical (unpaired) electrons. The topological polar surface area (TPSA) is 0 Å². The van der Waals surface area contributed by atoms with E-state index in [4.69, 9.17) is 340 Å². The average molecular weight is 941 g/mol. The van der Waals surface area contributed by atoms with E-state index in [1.807, 2.05) is 0 Å². The zero-order chi connectivity index (χ0) is 69.0. The van der Waals surface area contributed by atoms with Crippen LogP contribution in [-0.4, -0.2) is 616 Å². The Balaban J connectivity index is 13.4. The summed E-state index contributed by atoms with van der Waals surface area (Å²) >= 11 is 0. The second kappa shape index (κ2) is 42.8. The standard InChI is InChI=1S/B87/c1-45-67(44)78(66(42)43)84(79(68(46(2)3)47(4)5)69(48(6)7)49(8)9)87(85(80(70(50(10)11)51(12)13)71(52(14)15)53(16)17)81(72(54(18)19)55(20)21)73(56(22)23)57(24)25)86(82(74(58(26)27)59(28)29)75(60(30)31)61(32)33)83(76(62(34)35)63(36)37)77(64(38)39)65(40)41. The first-order valence-electron chi connectivity index (χ1n) is 28.7. The highest BCUT2D eigenvalue weighted by molar-refractivity contribution is 8.42. The highest BCUT2D eigenvalue weighted by Gasteiger charge is 2.67. The zero-order valence-electron chi connectivity index (χ0n) is 50.2. The average Bonchev–Trinajstić information content (AvgIpc) is 3.29. The lowest BCUT2D eigenvalue weighted by Crippen LogP contribution is -3.00. The molecule has 0 aliphatic carbocycles. The van der Waals surface area contributed by atoms with Gasteiger partial charge in [0.25, 0.3) is 0 Å². The summed E-state index contributed by atoms with van der Waals surface area (Å²) in [5.74, 6) is 0. The Labute approximate surface area is 609 Å². The third kappa shape index (κ3) is 25.0. The van der Waals surface area contributed by atoms with Crippen molar-refractivity contribution in [1.82, 2.24) is 0 Å². The van der Waals surface area contributed by atoms with Crippen LogP contribution in [0.3, 0.4) is 0 Å². The molecule has 0 saturated heterocycles. The minimum absolute atomic E-state index is 1.00. The van der Waals surface area contributed by atoms with Gasteiger partial charge in [-0.1, -0.05) is 0 Å². The van der Waals surface area contributed by atoms with E-state index in [9.17, 15) is 0 Å². The molecule has 0 saturated carbocycles. The van der Waals surface area contributed by atoms with Crippen molar-refractivity contribution in [2.75, 3.05) is 0 Å². The maximum absolute atomic E-state index is 7.32. The van der Waals surface area contributed by atoms with Gasteiger partial charge in [-0.2, -0.15) is 0 Å². The highest BCUT2D eigenvalue weighted by atomic mass is 13.5. The summed E-state index contributed by atoms with van der Waals surface area (Å²) in [7, 11) is 307. The van der Waals surface area contributed by atoms with Gasteiger partial charge in [0.05, 0.1) is 0 Å². The summed E-state index contributed by atoms with van der Waals surface area (Å²) in [6.45, 7) is 0. The van der Waals surface area contributed by atoms with E-state index >= 15 is 0 Å². The normalized spacial score (nSPS) is 9.79. The molecule has 0 atom stereocenters. The number of hydrogen-bond acceptors (Lipinski definition) is 0. The van der Waals surface area contributed by atoms with Crippen LogP contribution in [0, 0.1) is 0 Å². The van der Waals surface area contributed by atoms with Crippen LogP contribution in [0.5, 0.6) is 0 Å². The first-order chi connectivity index (χ1) is 39.6. The fraction of sp³-hybridized carbons (Fsp3) is 0. The third-order valence-electron chi connectivity index (χ3n) is 18.4. The van der Waals surface area contributed by atoms with Crippen molar-refractivity contribution in [2.24, 2.45) is 0 Å². The second-order valence-corrected chi connectivity index (χ2v) is 24.4. The predicted molar refractivity (Wildman–Crippen MR) is 501 cm³/mol. The van der Waals surface area contributed by atoms with Gasteiger partial charge in [-0.15, -0.1) is 0 Å². The molecule has 0 fully saturated rings. The van der Waals surface area contributed by atoms with Crippen molar-refractivity contribution in [2.45, 2.75) is 0 Å². The van der Waals surface area contributed by atoms with Crippen LogP contribution >= 0.6 is 0 Å². The Morgan fingerprint density at radius 3 is 0.241 bits per heavy atom. The van der Waals surface area contributed by atoms with Crippen molar-refractivity contribution in [3.8, 4) is 0 Å². The molecular weight excluding hydrogens is 941 g/mol. The van der Waals surface area contributed by atoms with Gasteiger partial charge in [0.15, 0.2) is 0 Å². The number of hydrogen-bond donors (Lipinski definition) is 0. The van der Waals surface area contributed by atoms with E-state index in [1.54, 1.807) is 0 Å². The summed E-state index contributed by atoms with van der Waals surface area (Å²) in [6.07, 6.45) is -73.3. The summed E-state index contributed by atoms with van der Waals surface area (Å²) in [5.41, 5.74) is 0. The van der Waals surface area contributed by atoms with E-state index in [-0.39, 0.29) is 0 Å². The van der Waals surface area contributed by atoms with Crippen molar-refractivity contribution < 1.29 is 0 Å². The molecule has 0 N–H and O–H groups in total. The van der Waals surface area contributed by atoms with Crippen LogP contribution in [0.2, 0.25) is 0 Å². The SMILES string of the molecule is [B][B]B([B])B(B([B])[B])B(B(B(B([B])[B])B([B])[B])B(B([B])[B])B([B])[B])B(B(B(B(B([B])[B])B([B])[B])B(B([B])[B])B([B])[B])B(B(B([B])[B])B([B])[B])B(B([B])[B])B([B])[B])B(B(B(B([B])[B])B([B])[B])B(B([B])[B])B([B])[B])B(B(B([B])[B])B([B])[B])B(B([B])[B])B([B])[B]. The Morgan fingerprint density at radius 1 is 0.103 bits per heavy atom. The third-order valence-corrected chi connectivity index (χ3v) is 18.4. The van der Waals surface area contributed by atoms with Crippen molar-refractivity contribution in [3.63, 3.8) is 0 Å². The van der Waals surface area contributed by atoms with Gasteiger partial charge in [0.2, 0.25) is 0 Å². The fourth-order valence-corrected chi connectivity index (χ4v) is 15.5. The van der Waals surface area contributed by atoms with Gasteiger partial charge in [-0.3, -0.25) is 0 Å². The van der Waals surface area contributed by atoms with Crippen LogP contribution in [0.15, 0.2) is 0 Å². The Kier molecular flexibility index (Phi) is 45.6. The van der Waals surface area contributed by atoms with Gasteiger partial charge in [-0.25, -0.2) is 0 Å². The van der Waals surface area contributed by atoms with Crippen LogP contribution < -0.4 is 0 Å². The zero-order valence-corrected chi connectivity index (χ0v) is 50.2. The molecule has 261 valence electrons. The van der Waals surface area contributed by atoms with Gasteiger partial charge < -0.3 is 0 Å². The first kappa shape index (κ1) is 92.6. The van der Waals surface area contributed by atoms with E-state index in [1.165, 1.54) is 0 Å². The van der Waals surface area contributed by atoms with Crippen LogP contribution in [-0.2, 0) is 0 Å². The lowest BCUT2D eigenvalue weighted by atomic mass is 8.19. The molecule has 0 heterocycles. The second-order valence-electron chi connectivity index (χ2n) is 24.4. The molecular formula is B87. The molecule has 0 aliphatic rings. The van der Waals surface area contributed by atoms with Crippen molar-refractivity contribution in [3.05, 3.63) is 0 Å². The molecule has 0 aromatic rings. The molecule has 0 amide bonds. The van der Waals surface area contributed by atoms with Gasteiger partial charge in [-0.05, 0) is 0 Å². The smallest absolute Gasteiger partial charge is 0 e. The Morgan fingerprint density at radius 2 is 0.172 bits per heavy atom. The minimum atomic E-state index is -2.05. The van der Waals surface area contributed by atoms with Crippen LogP contribution in [0.4, 0.5) is 0 Å². The highest BCUT2D eigenvalue weighted by Crippen LogP contribution is 2.29. The van der Waals surface area contributed by atoms with Crippen LogP contribution in [0.1, 0.15) is 0 Å². The summed E-state index contributed by atoms with van der Waals surface area (Å²) in [4.78, 5) is 0. The molecule has 0 spiro atoms. The lowest BCUT2D eigenvalue weighted by molar-refractivity contribution is 3.13. The maximum Gasteiger partial charge on any atom is 0 e. The molecule has 0 aromatic carbocycles. The predicted octanol–water partition coefficient (Wildman–Crippen LogP) is -33.1. The molecule has 0 aromatic heterocycles. The van der Waals surface area contributed by atoms with E-state index in [0.29, 0.717) is 0 Å². The van der Waals surface area contributed by atoms with Gasteiger partial charge >= 0.3 is 0 Å². The van der Waals surface area contributed by atoms with E-state index in [2.05, 4.69) is 0 Å². The first-order valence-corrected chi connectivity index (χ1v) is 28.7. The quantitative estimate of drug-likeness (QED) is 0.0535. The molecule has 87 heteroatoms. The molecule has 0 unspecified atom stereocenters. The monoisotopic (exact) mass is 958 g/mol. The van der Waals surface area contributed by atoms with Crippen LogP contribution in [0.25, 0.3) is 0 Å². The molecule has 0 nitrogen and oxygen atoms in total. The van der Waals surface area contributed by atoms with Crippen molar-refractivity contribution >= 4 is 616 Å². The Bertz CT molecular complexity index is 1370. The Hall–Kier alpha value is 5.65. The van der Waals surface area contributed by atoms with Gasteiger partial charge in [0.1, 0.15) is 0 Å². The summed E-state index contributed by atoms with van der Waals surface area (Å²) in [6, 6.07) is 0. The van der Waals surface area contributed by atoms with E-state index < -0.39 is 268 Å². The lowest BCUT2D eigenvalue weighted by Gasteiger charge is -2.62. The summed E-state index contributed by atoms with van der Waals surface area (Å²) < 4.78 is 0. The van der Waals surface area contributed by atoms with Gasteiger partial charge in [0, 0.05) is 616 Å². The molecule has 0 bridgehead atoms. The minimum Gasteiger partial charge on any atom is 0 e. The van der Waals surface area contributed by atoms with Crippen molar-refractivity contribution in [1.29, 1.82) is 0 Å². The van der Waals surface area contributed by atoms with E-state index in [0.717, 1.165) is 7.06 Å². The number of rotatable bonds is 42. The fourth-order valence-electron chi connectivity index (χ4n) is 15.5. The molecule has 87 heavy (non-hydrogen) atoms. The maximum atomic E-state index is 7.32. The summed E-state index contributed by atoms with van der Waals surface area (Å²) in [5, 5.41) is 0. The molecule has 0 aliphatic heterocycles. The largest absolute Gasteiger partial charge is 0 e. The molecule has 0 rings (SSSR count).